The van der Waals surface area contributed by atoms with E-state index in [1.807, 2.05) is 36.4 Å². The third kappa shape index (κ3) is 5.22. The first-order valence-corrected chi connectivity index (χ1v) is 18.6. The van der Waals surface area contributed by atoms with Gasteiger partial charge in [0.15, 0.2) is 0 Å². The second kappa shape index (κ2) is 12.9. The molecule has 5 heteroatoms. The van der Waals surface area contributed by atoms with E-state index in [1.165, 1.54) is 29.3 Å². The first-order valence-electron chi connectivity index (χ1n) is 18.6. The van der Waals surface area contributed by atoms with Crippen molar-refractivity contribution in [1.82, 2.24) is 9.13 Å². The Labute approximate surface area is 322 Å². The Hall–Kier alpha value is -7.29. The van der Waals surface area contributed by atoms with E-state index in [0.29, 0.717) is 22.5 Å². The number of aryl methyl sites for hydroxylation is 2. The van der Waals surface area contributed by atoms with Gasteiger partial charge in [0, 0.05) is 21.5 Å². The van der Waals surface area contributed by atoms with E-state index in [9.17, 15) is 5.26 Å². The van der Waals surface area contributed by atoms with E-state index in [4.69, 9.17) is 0 Å². The minimum absolute atomic E-state index is 0.151. The molecule has 2 aromatic heterocycles. The van der Waals surface area contributed by atoms with Gasteiger partial charge >= 0.3 is 0 Å². The average molecular weight is 726 g/mol. The van der Waals surface area contributed by atoms with Crippen LogP contribution in [0.2, 0.25) is 0 Å². The number of aromatic nitrogens is 2. The lowest BCUT2D eigenvalue weighted by Gasteiger charge is -2.19. The zero-order valence-corrected chi connectivity index (χ0v) is 30.7. The Morgan fingerprint density at radius 2 is 0.821 bits per heavy atom. The SMILES string of the molecule is Cc1ccc(-c2ccc3c4ccccc4n(-c4cc(-c5c(F)cccc5F)cc(-n5c6ccccc6c6ccc(-c7ccc(C)cc7)cc65)c4C#N)c3c2)cc1. The predicted molar refractivity (Wildman–Crippen MR) is 226 cm³/mol. The second-order valence-electron chi connectivity index (χ2n) is 14.5. The topological polar surface area (TPSA) is 33.6 Å². The molecule has 0 saturated carbocycles. The number of para-hydroxylation sites is 2. The molecule has 0 atom stereocenters. The largest absolute Gasteiger partial charge is 0.308 e. The molecule has 266 valence electrons. The first-order chi connectivity index (χ1) is 27.4. The van der Waals surface area contributed by atoms with Crippen LogP contribution in [0.15, 0.2) is 164 Å². The van der Waals surface area contributed by atoms with Crippen molar-refractivity contribution in [1.29, 1.82) is 5.26 Å². The molecular formula is C51H33F2N3. The van der Waals surface area contributed by atoms with E-state index in [0.717, 1.165) is 65.9 Å². The molecule has 2 heterocycles. The Morgan fingerprint density at radius 1 is 0.411 bits per heavy atom. The van der Waals surface area contributed by atoms with Gasteiger partial charge in [-0.15, -0.1) is 0 Å². The minimum atomic E-state index is -0.681. The lowest BCUT2D eigenvalue weighted by atomic mass is 9.98. The highest BCUT2D eigenvalue weighted by Gasteiger charge is 2.24. The summed E-state index contributed by atoms with van der Waals surface area (Å²) in [6.45, 7) is 4.13. The van der Waals surface area contributed by atoms with Gasteiger partial charge in [0.2, 0.25) is 0 Å². The quantitative estimate of drug-likeness (QED) is 0.174. The highest BCUT2D eigenvalue weighted by atomic mass is 19.1. The zero-order valence-electron chi connectivity index (χ0n) is 30.7. The van der Waals surface area contributed by atoms with Crippen molar-refractivity contribution in [3.05, 3.63) is 192 Å². The van der Waals surface area contributed by atoms with Crippen molar-refractivity contribution < 1.29 is 8.78 Å². The number of hydrogen-bond acceptors (Lipinski definition) is 1. The van der Waals surface area contributed by atoms with E-state index in [2.05, 4.69) is 126 Å². The summed E-state index contributed by atoms with van der Waals surface area (Å²) in [4.78, 5) is 0. The Bertz CT molecular complexity index is 3030. The summed E-state index contributed by atoms with van der Waals surface area (Å²) in [5.41, 5.74) is 11.6. The number of rotatable bonds is 5. The van der Waals surface area contributed by atoms with Crippen LogP contribution in [0.5, 0.6) is 0 Å². The molecule has 0 saturated heterocycles. The standard InChI is InChI=1S/C51H33F2N3/c1-31-14-18-33(19-15-31)35-22-24-40-38-8-3-5-12-45(38)55(47(40)26-35)49-28-37(51-43(52)10-7-11-44(51)53)29-50(42(49)30-54)56-46-13-6-4-9-39(46)41-25-23-36(27-48(41)56)34-20-16-32(2)17-21-34/h3-29H,1-2H3. The van der Waals surface area contributed by atoms with Crippen molar-refractivity contribution in [2.24, 2.45) is 0 Å². The summed E-state index contributed by atoms with van der Waals surface area (Å²) in [6, 6.07) is 55.8. The van der Waals surface area contributed by atoms with Gasteiger partial charge in [-0.05, 0) is 90.2 Å². The van der Waals surface area contributed by atoms with Crippen LogP contribution in [0.1, 0.15) is 16.7 Å². The number of fused-ring (bicyclic) bond motifs is 6. The van der Waals surface area contributed by atoms with Gasteiger partial charge in [-0.3, -0.25) is 0 Å². The van der Waals surface area contributed by atoms with Crippen molar-refractivity contribution in [2.45, 2.75) is 13.8 Å². The van der Waals surface area contributed by atoms with Crippen molar-refractivity contribution in [3.63, 3.8) is 0 Å². The molecule has 0 aliphatic heterocycles. The summed E-state index contributed by atoms with van der Waals surface area (Å²) in [5, 5.41) is 15.4. The maximum Gasteiger partial charge on any atom is 0.133 e. The minimum Gasteiger partial charge on any atom is -0.308 e. The van der Waals surface area contributed by atoms with Crippen LogP contribution in [0, 0.1) is 36.8 Å². The smallest absolute Gasteiger partial charge is 0.133 e. The van der Waals surface area contributed by atoms with Crippen LogP contribution >= 0.6 is 0 Å². The zero-order chi connectivity index (χ0) is 38.1. The van der Waals surface area contributed by atoms with Crippen LogP contribution in [0.25, 0.3) is 88.4 Å². The number of benzene rings is 8. The van der Waals surface area contributed by atoms with Gasteiger partial charge in [-0.2, -0.15) is 5.26 Å². The molecule has 0 bridgehead atoms. The summed E-state index contributed by atoms with van der Waals surface area (Å²) in [7, 11) is 0. The fraction of sp³-hybridized carbons (Fsp3) is 0.0392. The van der Waals surface area contributed by atoms with Crippen molar-refractivity contribution >= 4 is 43.6 Å². The van der Waals surface area contributed by atoms with Gasteiger partial charge in [0.1, 0.15) is 23.3 Å². The summed E-state index contributed by atoms with van der Waals surface area (Å²) < 4.78 is 36.0. The first kappa shape index (κ1) is 33.3. The van der Waals surface area contributed by atoms with Gasteiger partial charge in [0.25, 0.3) is 0 Å². The molecule has 0 fully saturated rings. The van der Waals surface area contributed by atoms with Gasteiger partial charge in [-0.25, -0.2) is 8.78 Å². The highest BCUT2D eigenvalue weighted by Crippen LogP contribution is 2.42. The third-order valence-electron chi connectivity index (χ3n) is 11.1. The molecule has 0 spiro atoms. The molecule has 10 aromatic rings. The van der Waals surface area contributed by atoms with Crippen LogP contribution < -0.4 is 0 Å². The monoisotopic (exact) mass is 725 g/mol. The van der Waals surface area contributed by atoms with Gasteiger partial charge < -0.3 is 9.13 Å². The third-order valence-corrected chi connectivity index (χ3v) is 11.1. The fourth-order valence-electron chi connectivity index (χ4n) is 8.31. The molecule has 8 aromatic carbocycles. The Kier molecular flexibility index (Phi) is 7.69. The highest BCUT2D eigenvalue weighted by molar-refractivity contribution is 6.12. The number of halogens is 2. The molecule has 0 amide bonds. The normalized spacial score (nSPS) is 11.6. The van der Waals surface area contributed by atoms with Crippen LogP contribution in [0.3, 0.4) is 0 Å². The van der Waals surface area contributed by atoms with E-state index < -0.39 is 11.6 Å². The summed E-state index contributed by atoms with van der Waals surface area (Å²) in [6.07, 6.45) is 0. The lowest BCUT2D eigenvalue weighted by Crippen LogP contribution is -2.06. The number of hydrogen-bond donors (Lipinski definition) is 0. The maximum absolute atomic E-state index is 15.9. The fourth-order valence-corrected chi connectivity index (χ4v) is 8.31. The summed E-state index contributed by atoms with van der Waals surface area (Å²) in [5.74, 6) is -1.36. The number of nitriles is 1. The molecular weight excluding hydrogens is 693 g/mol. The predicted octanol–water partition coefficient (Wildman–Crippen LogP) is 13.6. The van der Waals surface area contributed by atoms with Crippen molar-refractivity contribution in [2.75, 3.05) is 0 Å². The number of nitrogens with zero attached hydrogens (tertiary/aromatic N) is 3. The molecule has 0 radical (unpaired) electrons. The molecule has 0 N–H and O–H groups in total. The summed E-state index contributed by atoms with van der Waals surface area (Å²) >= 11 is 0. The van der Waals surface area contributed by atoms with Gasteiger partial charge in [0.05, 0.1) is 39.0 Å². The molecule has 10 rings (SSSR count). The van der Waals surface area contributed by atoms with E-state index in [-0.39, 0.29) is 5.56 Å². The molecule has 3 nitrogen and oxygen atoms in total. The average Bonchev–Trinajstić information content (AvgIpc) is 3.73. The van der Waals surface area contributed by atoms with Crippen LogP contribution in [-0.4, -0.2) is 9.13 Å². The van der Waals surface area contributed by atoms with Gasteiger partial charge in [-0.1, -0.05) is 126 Å². The van der Waals surface area contributed by atoms with Crippen LogP contribution in [0.4, 0.5) is 8.78 Å². The maximum atomic E-state index is 15.9. The lowest BCUT2D eigenvalue weighted by molar-refractivity contribution is 0.589. The molecule has 0 aliphatic rings. The molecule has 0 aliphatic carbocycles. The molecule has 0 unspecified atom stereocenters. The van der Waals surface area contributed by atoms with Crippen LogP contribution in [-0.2, 0) is 0 Å². The van der Waals surface area contributed by atoms with Crippen molar-refractivity contribution in [3.8, 4) is 50.8 Å². The van der Waals surface area contributed by atoms with E-state index >= 15 is 8.78 Å². The van der Waals surface area contributed by atoms with E-state index in [1.54, 1.807) is 12.1 Å². The Balaban J connectivity index is 1.35. The molecule has 56 heavy (non-hydrogen) atoms. The second-order valence-corrected chi connectivity index (χ2v) is 14.5. The Morgan fingerprint density at radius 3 is 1.27 bits per heavy atom.